The molecular weight excluding hydrogens is 170 g/mol. The number of isocyanates is 1. The third-order valence-corrected chi connectivity index (χ3v) is 1.12. The van der Waals surface area contributed by atoms with Crippen molar-refractivity contribution in [1.82, 2.24) is 0 Å². The molecule has 0 N–H and O–H groups in total. The summed E-state index contributed by atoms with van der Waals surface area (Å²) in [5, 5.41) is 0. The van der Waals surface area contributed by atoms with Crippen molar-refractivity contribution in [2.45, 2.75) is 33.3 Å². The van der Waals surface area contributed by atoms with Gasteiger partial charge in [-0.3, -0.25) is 0 Å². The average Bonchev–Trinajstić information content (AvgIpc) is 2.02. The Morgan fingerprint density at radius 2 is 2.23 bits per heavy atom. The molecule has 0 unspecified atom stereocenters. The van der Waals surface area contributed by atoms with Crippen molar-refractivity contribution in [2.75, 3.05) is 0 Å². The summed E-state index contributed by atoms with van der Waals surface area (Å²) >= 11 is 0. The molecular formula is C9H13NO3. The van der Waals surface area contributed by atoms with Gasteiger partial charge in [0, 0.05) is 0 Å². The van der Waals surface area contributed by atoms with Crippen molar-refractivity contribution >= 4 is 12.0 Å². The Morgan fingerprint density at radius 1 is 1.62 bits per heavy atom. The van der Waals surface area contributed by atoms with E-state index < -0.39 is 5.97 Å². The molecule has 0 aliphatic carbocycles. The molecule has 0 aromatic carbocycles. The van der Waals surface area contributed by atoms with Gasteiger partial charge in [-0.05, 0) is 20.3 Å². The number of ether oxygens (including phenoxy) is 1. The van der Waals surface area contributed by atoms with Crippen molar-refractivity contribution in [3.05, 3.63) is 11.8 Å². The van der Waals surface area contributed by atoms with Crippen molar-refractivity contribution < 1.29 is 14.3 Å². The number of aliphatic imine (C=N–C) groups is 1. The first-order valence-corrected chi connectivity index (χ1v) is 4.10. The van der Waals surface area contributed by atoms with Gasteiger partial charge >= 0.3 is 5.97 Å². The Hall–Kier alpha value is -1.41. The fourth-order valence-corrected chi connectivity index (χ4v) is 0.692. The number of carbonyl (C=O) groups excluding carboxylic acids is 2. The Morgan fingerprint density at radius 3 is 2.62 bits per heavy atom. The van der Waals surface area contributed by atoms with Crippen LogP contribution in [0.15, 0.2) is 16.8 Å². The van der Waals surface area contributed by atoms with Crippen molar-refractivity contribution in [1.29, 1.82) is 0 Å². The van der Waals surface area contributed by atoms with Gasteiger partial charge in [0.2, 0.25) is 6.08 Å². The molecule has 0 saturated heterocycles. The summed E-state index contributed by atoms with van der Waals surface area (Å²) < 4.78 is 4.84. The molecule has 0 atom stereocenters. The van der Waals surface area contributed by atoms with Gasteiger partial charge in [0.15, 0.2) is 5.70 Å². The highest BCUT2D eigenvalue weighted by molar-refractivity contribution is 5.89. The van der Waals surface area contributed by atoms with Crippen LogP contribution >= 0.6 is 0 Å². The van der Waals surface area contributed by atoms with E-state index in [0.717, 1.165) is 0 Å². The van der Waals surface area contributed by atoms with Crippen LogP contribution in [0.2, 0.25) is 0 Å². The Balaban J connectivity index is 4.47. The van der Waals surface area contributed by atoms with E-state index in [1.54, 1.807) is 13.8 Å². The summed E-state index contributed by atoms with van der Waals surface area (Å²) in [6, 6.07) is 0. The van der Waals surface area contributed by atoms with E-state index in [2.05, 4.69) is 4.99 Å². The highest BCUT2D eigenvalue weighted by atomic mass is 16.5. The molecule has 4 heteroatoms. The van der Waals surface area contributed by atoms with E-state index in [1.807, 2.05) is 6.92 Å². The van der Waals surface area contributed by atoms with Crippen LogP contribution in [0.25, 0.3) is 0 Å². The smallest absolute Gasteiger partial charge is 0.357 e. The second-order valence-corrected chi connectivity index (χ2v) is 2.65. The highest BCUT2D eigenvalue weighted by Crippen LogP contribution is 2.03. The van der Waals surface area contributed by atoms with E-state index >= 15 is 0 Å². The second-order valence-electron chi connectivity index (χ2n) is 2.65. The van der Waals surface area contributed by atoms with Crippen LogP contribution in [-0.4, -0.2) is 18.2 Å². The van der Waals surface area contributed by atoms with E-state index in [9.17, 15) is 9.59 Å². The molecule has 0 aliphatic rings. The fourth-order valence-electron chi connectivity index (χ4n) is 0.692. The summed E-state index contributed by atoms with van der Waals surface area (Å²) in [4.78, 5) is 24.4. The van der Waals surface area contributed by atoms with E-state index in [-0.39, 0.29) is 11.8 Å². The summed E-state index contributed by atoms with van der Waals surface area (Å²) in [5.74, 6) is -0.583. The maximum atomic E-state index is 11.2. The minimum atomic E-state index is -0.583. The zero-order chi connectivity index (χ0) is 10.3. The zero-order valence-electron chi connectivity index (χ0n) is 8.03. The van der Waals surface area contributed by atoms with Crippen LogP contribution in [0.4, 0.5) is 0 Å². The predicted octanol–water partition coefficient (Wildman–Crippen LogP) is 1.57. The standard InChI is InChI=1S/C9H13NO3/c1-4-5-8(10-6-11)9(12)13-7(2)3/h5,7H,4H2,1-3H3. The zero-order valence-corrected chi connectivity index (χ0v) is 8.03. The summed E-state index contributed by atoms with van der Waals surface area (Å²) in [6.07, 6.45) is 3.24. The molecule has 0 rings (SSSR count). The number of carbonyl (C=O) groups is 1. The first-order valence-electron chi connectivity index (χ1n) is 4.10. The lowest BCUT2D eigenvalue weighted by Gasteiger charge is -2.06. The summed E-state index contributed by atoms with van der Waals surface area (Å²) in [7, 11) is 0. The number of hydrogen-bond donors (Lipinski definition) is 0. The first-order chi connectivity index (χ1) is 6.11. The number of hydrogen-bond acceptors (Lipinski definition) is 4. The Kier molecular flexibility index (Phi) is 5.48. The van der Waals surface area contributed by atoms with Crippen molar-refractivity contribution in [2.24, 2.45) is 4.99 Å². The average molecular weight is 183 g/mol. The summed E-state index contributed by atoms with van der Waals surface area (Å²) in [5.41, 5.74) is 0.0196. The van der Waals surface area contributed by atoms with Gasteiger partial charge in [-0.25, -0.2) is 9.59 Å². The lowest BCUT2D eigenvalue weighted by atomic mass is 10.3. The third kappa shape index (κ3) is 4.93. The van der Waals surface area contributed by atoms with Crippen LogP contribution in [0.5, 0.6) is 0 Å². The number of rotatable bonds is 4. The molecule has 0 fully saturated rings. The second kappa shape index (κ2) is 6.14. The third-order valence-electron chi connectivity index (χ3n) is 1.12. The Bertz CT molecular complexity index is 250. The number of esters is 1. The Labute approximate surface area is 77.3 Å². The van der Waals surface area contributed by atoms with E-state index in [1.165, 1.54) is 12.2 Å². The summed E-state index contributed by atoms with van der Waals surface area (Å²) in [6.45, 7) is 5.29. The predicted molar refractivity (Wildman–Crippen MR) is 47.7 cm³/mol. The maximum absolute atomic E-state index is 11.2. The van der Waals surface area contributed by atoms with Gasteiger partial charge in [-0.1, -0.05) is 13.0 Å². The normalized spacial score (nSPS) is 10.9. The van der Waals surface area contributed by atoms with Crippen molar-refractivity contribution in [3.8, 4) is 0 Å². The largest absolute Gasteiger partial charge is 0.458 e. The van der Waals surface area contributed by atoms with Crippen LogP contribution in [0.3, 0.4) is 0 Å². The molecule has 0 aliphatic heterocycles. The molecule has 0 radical (unpaired) electrons. The molecule has 0 amide bonds. The lowest BCUT2D eigenvalue weighted by molar-refractivity contribution is -0.142. The minimum absolute atomic E-state index is 0.0196. The van der Waals surface area contributed by atoms with Gasteiger partial charge in [-0.15, -0.1) is 0 Å². The molecule has 4 nitrogen and oxygen atoms in total. The first kappa shape index (κ1) is 11.6. The van der Waals surface area contributed by atoms with E-state index in [0.29, 0.717) is 6.42 Å². The van der Waals surface area contributed by atoms with Gasteiger partial charge in [0.1, 0.15) is 0 Å². The van der Waals surface area contributed by atoms with Gasteiger partial charge in [-0.2, -0.15) is 4.99 Å². The molecule has 0 bridgehead atoms. The fraction of sp³-hybridized carbons (Fsp3) is 0.556. The van der Waals surface area contributed by atoms with Crippen LogP contribution < -0.4 is 0 Å². The molecule has 72 valence electrons. The van der Waals surface area contributed by atoms with Crippen LogP contribution in [0, 0.1) is 0 Å². The number of nitrogens with zero attached hydrogens (tertiary/aromatic N) is 1. The highest BCUT2D eigenvalue weighted by Gasteiger charge is 2.10. The maximum Gasteiger partial charge on any atom is 0.357 e. The number of allylic oxidation sites excluding steroid dienone is 1. The topological polar surface area (TPSA) is 55.7 Å². The lowest BCUT2D eigenvalue weighted by Crippen LogP contribution is -2.12. The monoisotopic (exact) mass is 183 g/mol. The quantitative estimate of drug-likeness (QED) is 0.287. The van der Waals surface area contributed by atoms with Gasteiger partial charge in [0.25, 0.3) is 0 Å². The van der Waals surface area contributed by atoms with Crippen LogP contribution in [-0.2, 0) is 14.3 Å². The van der Waals surface area contributed by atoms with Gasteiger partial charge < -0.3 is 4.74 Å². The molecule has 0 saturated carbocycles. The minimum Gasteiger partial charge on any atom is -0.458 e. The molecule has 0 aromatic rings. The van der Waals surface area contributed by atoms with Gasteiger partial charge in [0.05, 0.1) is 6.10 Å². The SMILES string of the molecule is CCC=C(N=C=O)C(=O)OC(C)C. The molecule has 0 aromatic heterocycles. The van der Waals surface area contributed by atoms with E-state index in [4.69, 9.17) is 4.74 Å². The van der Waals surface area contributed by atoms with Crippen LogP contribution in [0.1, 0.15) is 27.2 Å². The van der Waals surface area contributed by atoms with Crippen molar-refractivity contribution in [3.63, 3.8) is 0 Å². The molecule has 0 spiro atoms. The molecule has 0 heterocycles. The molecule has 13 heavy (non-hydrogen) atoms.